The Balaban J connectivity index is 1.75. The van der Waals surface area contributed by atoms with Crippen LogP contribution in [0.2, 0.25) is 0 Å². The second-order valence-electron chi connectivity index (χ2n) is 8.77. The summed E-state index contributed by atoms with van der Waals surface area (Å²) < 4.78 is 13.4. The number of amides is 1. The first-order chi connectivity index (χ1) is 13.7. The van der Waals surface area contributed by atoms with Gasteiger partial charge in [0.15, 0.2) is 0 Å². The zero-order valence-corrected chi connectivity index (χ0v) is 17.6. The van der Waals surface area contributed by atoms with Crippen LogP contribution < -0.4 is 0 Å². The number of hydrogen-bond donors (Lipinski definition) is 1. The molecule has 5 nitrogen and oxygen atoms in total. The van der Waals surface area contributed by atoms with Crippen molar-refractivity contribution in [2.75, 3.05) is 18.8 Å². The minimum Gasteiger partial charge on any atom is -0.481 e. The summed E-state index contributed by atoms with van der Waals surface area (Å²) in [4.78, 5) is 29.2. The summed E-state index contributed by atoms with van der Waals surface area (Å²) in [6.45, 7) is 5.68. The van der Waals surface area contributed by atoms with Gasteiger partial charge >= 0.3 is 5.97 Å². The van der Waals surface area contributed by atoms with Crippen molar-refractivity contribution in [2.24, 2.45) is 5.41 Å². The normalized spacial score (nSPS) is 35.4. The molecule has 0 aromatic heterocycles. The average Bonchev–Trinajstić information content (AvgIpc) is 3.33. The number of carbonyl (C=O) groups excluding carboxylic acids is 1. The van der Waals surface area contributed by atoms with Gasteiger partial charge in [0.1, 0.15) is 11.2 Å². The number of aliphatic carboxylic acids is 1. The van der Waals surface area contributed by atoms with Gasteiger partial charge in [-0.25, -0.2) is 4.39 Å². The predicted octanol–water partition coefficient (Wildman–Crippen LogP) is 3.67. The highest BCUT2D eigenvalue weighted by molar-refractivity contribution is 8.00. The van der Waals surface area contributed by atoms with E-state index in [1.807, 2.05) is 11.0 Å². The molecule has 0 saturated carbocycles. The first-order valence-corrected chi connectivity index (χ1v) is 11.2. The van der Waals surface area contributed by atoms with E-state index in [4.69, 9.17) is 0 Å². The molecule has 4 rings (SSSR count). The van der Waals surface area contributed by atoms with Crippen molar-refractivity contribution in [1.82, 2.24) is 9.80 Å². The molecule has 0 radical (unpaired) electrons. The predicted molar refractivity (Wildman–Crippen MR) is 111 cm³/mol. The van der Waals surface area contributed by atoms with Crippen molar-refractivity contribution in [3.05, 3.63) is 47.8 Å². The topological polar surface area (TPSA) is 60.9 Å². The highest BCUT2D eigenvalue weighted by atomic mass is 32.2. The lowest BCUT2D eigenvalue weighted by Crippen LogP contribution is -2.63. The van der Waals surface area contributed by atoms with Crippen LogP contribution in [0.5, 0.6) is 0 Å². The van der Waals surface area contributed by atoms with Gasteiger partial charge < -0.3 is 10.0 Å². The molecule has 1 aliphatic carbocycles. The smallest absolute Gasteiger partial charge is 0.313 e. The summed E-state index contributed by atoms with van der Waals surface area (Å²) in [5, 5.41) is 9.64. The maximum atomic E-state index is 13.4. The summed E-state index contributed by atoms with van der Waals surface area (Å²) in [5.74, 6) is -0.719. The van der Waals surface area contributed by atoms with Crippen LogP contribution >= 0.6 is 11.8 Å². The fourth-order valence-electron chi connectivity index (χ4n) is 5.10. The van der Waals surface area contributed by atoms with E-state index in [-0.39, 0.29) is 23.1 Å². The quantitative estimate of drug-likeness (QED) is 0.756. The van der Waals surface area contributed by atoms with Gasteiger partial charge in [0.2, 0.25) is 5.91 Å². The molecule has 2 saturated heterocycles. The third-order valence-corrected chi connectivity index (χ3v) is 7.91. The molecule has 4 atom stereocenters. The van der Waals surface area contributed by atoms with Crippen molar-refractivity contribution in [1.29, 1.82) is 0 Å². The molecule has 1 aromatic carbocycles. The number of nitrogens with zero attached hydrogens (tertiary/aromatic N) is 2. The highest BCUT2D eigenvalue weighted by Crippen LogP contribution is 2.49. The number of rotatable bonds is 4. The number of carboxylic acids is 1. The minimum atomic E-state index is -0.963. The van der Waals surface area contributed by atoms with E-state index < -0.39 is 16.9 Å². The fraction of sp³-hybridized carbons (Fsp3) is 0.545. The van der Waals surface area contributed by atoms with Crippen molar-refractivity contribution >= 4 is 23.6 Å². The Labute approximate surface area is 174 Å². The Kier molecular flexibility index (Phi) is 5.23. The van der Waals surface area contributed by atoms with E-state index in [0.29, 0.717) is 12.2 Å². The minimum absolute atomic E-state index is 0.0447. The zero-order chi connectivity index (χ0) is 20.8. The number of carbonyl (C=O) groups is 2. The van der Waals surface area contributed by atoms with Gasteiger partial charge in [-0.2, -0.15) is 0 Å². The lowest BCUT2D eigenvalue weighted by Gasteiger charge is -2.53. The van der Waals surface area contributed by atoms with Crippen LogP contribution in [-0.4, -0.2) is 57.2 Å². The van der Waals surface area contributed by atoms with Gasteiger partial charge in [0.05, 0.1) is 17.2 Å². The van der Waals surface area contributed by atoms with Crippen molar-refractivity contribution in [3.63, 3.8) is 0 Å². The van der Waals surface area contributed by atoms with Crippen LogP contribution in [0.4, 0.5) is 4.39 Å². The molecule has 1 N–H and O–H groups in total. The number of likely N-dealkylation sites (tertiary alicyclic amines) is 1. The van der Waals surface area contributed by atoms with Crippen LogP contribution in [-0.2, 0) is 9.59 Å². The summed E-state index contributed by atoms with van der Waals surface area (Å²) in [6, 6.07) is 6.09. The Morgan fingerprint density at radius 2 is 1.86 bits per heavy atom. The summed E-state index contributed by atoms with van der Waals surface area (Å²) in [7, 11) is 0. The first-order valence-electron chi connectivity index (χ1n) is 10.1. The first kappa shape index (κ1) is 20.4. The Bertz CT molecular complexity index is 839. The average molecular weight is 419 g/mol. The van der Waals surface area contributed by atoms with Crippen molar-refractivity contribution in [2.45, 2.75) is 50.1 Å². The van der Waals surface area contributed by atoms with Gasteiger partial charge in [-0.15, -0.1) is 11.8 Å². The molecule has 2 aliphatic heterocycles. The Morgan fingerprint density at radius 1 is 1.21 bits per heavy atom. The molecule has 2 heterocycles. The molecule has 2 fully saturated rings. The molecular formula is C22H27FN2O3S. The number of hydrogen-bond acceptors (Lipinski definition) is 4. The number of thioether (sulfide) groups is 1. The van der Waals surface area contributed by atoms with Crippen LogP contribution in [0, 0.1) is 11.2 Å². The molecule has 0 bridgehead atoms. The third-order valence-electron chi connectivity index (χ3n) is 6.69. The van der Waals surface area contributed by atoms with Crippen LogP contribution in [0.25, 0.3) is 0 Å². The van der Waals surface area contributed by atoms with E-state index in [1.165, 1.54) is 12.1 Å². The Hall–Kier alpha value is -1.86. The van der Waals surface area contributed by atoms with Gasteiger partial charge in [0, 0.05) is 5.54 Å². The molecule has 4 unspecified atom stereocenters. The standard InChI is InChI=1S/C22H27FN2O3S/c1-21(20(27)28)10-9-17(22(2,14-21)24-11-3-4-12-24)25-18(26)13-29-19(25)15-5-7-16(23)8-6-15/h5-10,17,19H,3-4,11-14H2,1-2H3,(H,27,28). The van der Waals surface area contributed by atoms with E-state index in [9.17, 15) is 19.1 Å². The SMILES string of the molecule is CC1(C(=O)O)C=CC(N2C(=O)CSC2c2ccc(F)cc2)C(C)(N2CCCC2)C1. The molecule has 3 aliphatic rings. The highest BCUT2D eigenvalue weighted by Gasteiger charge is 2.54. The monoisotopic (exact) mass is 418 g/mol. The second kappa shape index (κ2) is 7.43. The fourth-order valence-corrected chi connectivity index (χ4v) is 6.31. The van der Waals surface area contributed by atoms with E-state index in [0.717, 1.165) is 31.5 Å². The lowest BCUT2D eigenvalue weighted by molar-refractivity contribution is -0.149. The maximum Gasteiger partial charge on any atom is 0.313 e. The van der Waals surface area contributed by atoms with Crippen LogP contribution in [0.15, 0.2) is 36.4 Å². The van der Waals surface area contributed by atoms with Crippen molar-refractivity contribution in [3.8, 4) is 0 Å². The van der Waals surface area contributed by atoms with Gasteiger partial charge in [0.25, 0.3) is 0 Å². The molecule has 0 spiro atoms. The van der Waals surface area contributed by atoms with Crippen molar-refractivity contribution < 1.29 is 19.1 Å². The summed E-state index contributed by atoms with van der Waals surface area (Å²) in [5.41, 5.74) is -0.544. The number of carboxylic acid groups (broad SMARTS) is 1. The largest absolute Gasteiger partial charge is 0.481 e. The van der Waals surface area contributed by atoms with E-state index in [1.54, 1.807) is 36.9 Å². The maximum absolute atomic E-state index is 13.4. The summed E-state index contributed by atoms with van der Waals surface area (Å²) in [6.07, 6.45) is 6.30. The Morgan fingerprint density at radius 3 is 2.48 bits per heavy atom. The van der Waals surface area contributed by atoms with Gasteiger partial charge in [-0.1, -0.05) is 24.3 Å². The third kappa shape index (κ3) is 3.48. The molecule has 29 heavy (non-hydrogen) atoms. The van der Waals surface area contributed by atoms with Gasteiger partial charge in [-0.05, 0) is 63.9 Å². The van der Waals surface area contributed by atoms with Crippen LogP contribution in [0.3, 0.4) is 0 Å². The molecule has 7 heteroatoms. The lowest BCUT2D eigenvalue weighted by atomic mass is 9.68. The van der Waals surface area contributed by atoms with E-state index >= 15 is 0 Å². The number of benzene rings is 1. The zero-order valence-electron chi connectivity index (χ0n) is 16.8. The van der Waals surface area contributed by atoms with E-state index in [2.05, 4.69) is 11.8 Å². The molecule has 156 valence electrons. The molecule has 1 amide bonds. The van der Waals surface area contributed by atoms with Gasteiger partial charge in [-0.3, -0.25) is 14.5 Å². The number of halogens is 1. The molecular weight excluding hydrogens is 391 g/mol. The molecule has 1 aromatic rings. The summed E-state index contributed by atoms with van der Waals surface area (Å²) >= 11 is 1.55. The van der Waals surface area contributed by atoms with Crippen LogP contribution in [0.1, 0.15) is 44.0 Å². The second-order valence-corrected chi connectivity index (χ2v) is 9.84.